The maximum Gasteiger partial charge on any atom is 0.380 e. The fraction of sp³-hybridized carbons (Fsp3) is 0.438. The van der Waals surface area contributed by atoms with Crippen LogP contribution in [0.3, 0.4) is 0 Å². The zero-order valence-electron chi connectivity index (χ0n) is 13.1. The Labute approximate surface area is 139 Å². The summed E-state index contributed by atoms with van der Waals surface area (Å²) in [7, 11) is 0. The van der Waals surface area contributed by atoms with Gasteiger partial charge >= 0.3 is 5.69 Å². The van der Waals surface area contributed by atoms with Gasteiger partial charge in [-0.1, -0.05) is 6.42 Å². The third-order valence-corrected chi connectivity index (χ3v) is 4.39. The molecule has 6 nitrogen and oxygen atoms in total. The van der Waals surface area contributed by atoms with Crippen LogP contribution >= 0.6 is 11.5 Å². The molecule has 1 fully saturated rings. The minimum absolute atomic E-state index is 0.332. The van der Waals surface area contributed by atoms with Crippen LogP contribution < -0.4 is 15.7 Å². The van der Waals surface area contributed by atoms with Crippen LogP contribution in [0.1, 0.15) is 39.0 Å². The molecule has 0 unspecified atom stereocenters. The molecule has 0 amide bonds. The third kappa shape index (κ3) is 4.19. The first-order valence-electron chi connectivity index (χ1n) is 7.91. The molecule has 7 heteroatoms. The lowest BCUT2D eigenvalue weighted by molar-refractivity contribution is 0.340. The molecule has 0 atom stereocenters. The predicted molar refractivity (Wildman–Crippen MR) is 93.2 cm³/mol. The summed E-state index contributed by atoms with van der Waals surface area (Å²) in [5.74, 6) is 0.820. The van der Waals surface area contributed by atoms with Crippen molar-refractivity contribution in [2.24, 2.45) is 5.10 Å². The number of hydrogen-bond donors (Lipinski definition) is 1. The van der Waals surface area contributed by atoms with E-state index in [9.17, 15) is 4.79 Å². The van der Waals surface area contributed by atoms with Gasteiger partial charge in [-0.3, -0.25) is 0 Å². The van der Waals surface area contributed by atoms with Crippen LogP contribution in [0.2, 0.25) is 0 Å². The number of aromatic nitrogens is 2. The Balaban J connectivity index is 1.71. The first-order chi connectivity index (χ1) is 11.2. The van der Waals surface area contributed by atoms with E-state index < -0.39 is 0 Å². The van der Waals surface area contributed by atoms with Gasteiger partial charge in [-0.25, -0.2) is 4.79 Å². The summed E-state index contributed by atoms with van der Waals surface area (Å²) in [6, 6.07) is 7.56. The van der Waals surface area contributed by atoms with Gasteiger partial charge in [-0.2, -0.15) is 10.1 Å². The van der Waals surface area contributed by atoms with Crippen molar-refractivity contribution in [3.63, 3.8) is 0 Å². The summed E-state index contributed by atoms with van der Waals surface area (Å²) in [6.45, 7) is 2.59. The van der Waals surface area contributed by atoms with E-state index in [1.807, 2.05) is 31.2 Å². The zero-order chi connectivity index (χ0) is 16.1. The van der Waals surface area contributed by atoms with E-state index in [4.69, 9.17) is 4.74 Å². The number of anilines is 2. The van der Waals surface area contributed by atoms with Crippen molar-refractivity contribution >= 4 is 28.1 Å². The SMILES string of the molecule is CCOc1ccc(Nc2nc(=O)n(N=C3CCCCC3)s2)cc1. The molecule has 23 heavy (non-hydrogen) atoms. The highest BCUT2D eigenvalue weighted by Gasteiger charge is 2.10. The third-order valence-electron chi connectivity index (χ3n) is 3.61. The molecule has 1 aliphatic rings. The van der Waals surface area contributed by atoms with Gasteiger partial charge in [0, 0.05) is 22.9 Å². The Morgan fingerprint density at radius 3 is 2.70 bits per heavy atom. The molecule has 1 heterocycles. The highest BCUT2D eigenvalue weighted by atomic mass is 32.1. The molecule has 1 aliphatic carbocycles. The van der Waals surface area contributed by atoms with Gasteiger partial charge < -0.3 is 10.1 Å². The monoisotopic (exact) mass is 332 g/mol. The molecule has 3 rings (SSSR count). The van der Waals surface area contributed by atoms with Crippen LogP contribution in [0.4, 0.5) is 10.8 Å². The molecule has 0 spiro atoms. The van der Waals surface area contributed by atoms with Gasteiger partial charge in [0.2, 0.25) is 5.13 Å². The molecule has 0 saturated heterocycles. The fourth-order valence-electron chi connectivity index (χ4n) is 2.50. The molecule has 0 aliphatic heterocycles. The maximum atomic E-state index is 11.9. The summed E-state index contributed by atoms with van der Waals surface area (Å²) < 4.78 is 6.78. The van der Waals surface area contributed by atoms with Crippen LogP contribution in [0.5, 0.6) is 5.75 Å². The topological polar surface area (TPSA) is 68.5 Å². The van der Waals surface area contributed by atoms with E-state index in [-0.39, 0.29) is 5.69 Å². The van der Waals surface area contributed by atoms with Crippen LogP contribution in [-0.4, -0.2) is 21.4 Å². The number of hydrogen-bond acceptors (Lipinski definition) is 6. The lowest BCUT2D eigenvalue weighted by Gasteiger charge is -2.10. The van der Waals surface area contributed by atoms with E-state index in [1.54, 1.807) is 0 Å². The first kappa shape index (κ1) is 15.7. The van der Waals surface area contributed by atoms with Crippen molar-refractivity contribution in [2.75, 3.05) is 11.9 Å². The Morgan fingerprint density at radius 1 is 1.26 bits per heavy atom. The van der Waals surface area contributed by atoms with Crippen molar-refractivity contribution in [3.8, 4) is 5.75 Å². The second-order valence-corrected chi connectivity index (χ2v) is 6.29. The van der Waals surface area contributed by atoms with Gasteiger partial charge in [0.1, 0.15) is 5.75 Å². The van der Waals surface area contributed by atoms with Crippen molar-refractivity contribution in [3.05, 3.63) is 34.7 Å². The maximum absolute atomic E-state index is 11.9. The number of rotatable bonds is 5. The highest BCUT2D eigenvalue weighted by molar-refractivity contribution is 7.10. The summed E-state index contributed by atoms with van der Waals surface area (Å²) in [6.07, 6.45) is 5.52. The summed E-state index contributed by atoms with van der Waals surface area (Å²) in [5, 5.41) is 8.11. The molecule has 1 N–H and O–H groups in total. The van der Waals surface area contributed by atoms with Gasteiger partial charge in [0.15, 0.2) is 0 Å². The summed E-state index contributed by atoms with van der Waals surface area (Å²) >= 11 is 1.23. The van der Waals surface area contributed by atoms with Crippen LogP contribution in [0.15, 0.2) is 34.2 Å². The summed E-state index contributed by atoms with van der Waals surface area (Å²) in [4.78, 5) is 15.9. The highest BCUT2D eigenvalue weighted by Crippen LogP contribution is 2.21. The van der Waals surface area contributed by atoms with E-state index in [0.717, 1.165) is 42.8 Å². The molecule has 1 aromatic carbocycles. The number of nitrogens with one attached hydrogen (secondary N) is 1. The Kier molecular flexibility index (Phi) is 5.07. The van der Waals surface area contributed by atoms with E-state index >= 15 is 0 Å². The smallest absolute Gasteiger partial charge is 0.380 e. The molecule has 1 aromatic heterocycles. The van der Waals surface area contributed by atoms with E-state index in [1.165, 1.54) is 22.0 Å². The van der Waals surface area contributed by atoms with Crippen molar-refractivity contribution in [2.45, 2.75) is 39.0 Å². The molecule has 0 bridgehead atoms. The standard InChI is InChI=1S/C16H20N4O2S/c1-2-22-14-10-8-12(9-11-14)17-15-18-16(21)20(23-15)19-13-6-4-3-5-7-13/h8-11H,2-7H2,1H3,(H,17,18,21). The van der Waals surface area contributed by atoms with Crippen LogP contribution in [-0.2, 0) is 0 Å². The number of ether oxygens (including phenoxy) is 1. The number of nitrogens with zero attached hydrogens (tertiary/aromatic N) is 3. The molecule has 122 valence electrons. The molecular weight excluding hydrogens is 312 g/mol. The quantitative estimate of drug-likeness (QED) is 0.908. The van der Waals surface area contributed by atoms with Gasteiger partial charge in [0.05, 0.1) is 6.61 Å². The Bertz CT molecular complexity index is 725. The zero-order valence-corrected chi connectivity index (χ0v) is 13.9. The largest absolute Gasteiger partial charge is 0.494 e. The predicted octanol–water partition coefficient (Wildman–Crippen LogP) is 3.62. The van der Waals surface area contributed by atoms with E-state index in [0.29, 0.717) is 11.7 Å². The molecule has 1 saturated carbocycles. The minimum Gasteiger partial charge on any atom is -0.494 e. The average molecular weight is 332 g/mol. The van der Waals surface area contributed by atoms with Crippen molar-refractivity contribution < 1.29 is 4.74 Å². The second kappa shape index (κ2) is 7.41. The summed E-state index contributed by atoms with van der Waals surface area (Å²) in [5.41, 5.74) is 1.62. The molecule has 0 radical (unpaired) electrons. The molecule has 2 aromatic rings. The lowest BCUT2D eigenvalue weighted by atomic mass is 9.99. The molecular formula is C16H20N4O2S. The van der Waals surface area contributed by atoms with Crippen molar-refractivity contribution in [1.82, 2.24) is 9.05 Å². The minimum atomic E-state index is -0.332. The van der Waals surface area contributed by atoms with Gasteiger partial charge in [-0.15, -0.1) is 4.07 Å². The van der Waals surface area contributed by atoms with Gasteiger partial charge in [0.25, 0.3) is 0 Å². The average Bonchev–Trinajstić information content (AvgIpc) is 2.90. The number of benzene rings is 1. The Morgan fingerprint density at radius 2 is 2.00 bits per heavy atom. The fourth-order valence-corrected chi connectivity index (χ4v) is 3.22. The van der Waals surface area contributed by atoms with Crippen LogP contribution in [0, 0.1) is 0 Å². The second-order valence-electron chi connectivity index (χ2n) is 5.37. The Hall–Kier alpha value is -2.15. The normalized spacial score (nSPS) is 14.6. The van der Waals surface area contributed by atoms with E-state index in [2.05, 4.69) is 15.4 Å². The lowest BCUT2D eigenvalue weighted by Crippen LogP contribution is -2.15. The first-order valence-corrected chi connectivity index (χ1v) is 8.69. The van der Waals surface area contributed by atoms with Gasteiger partial charge in [-0.05, 0) is 56.9 Å². The van der Waals surface area contributed by atoms with Crippen LogP contribution in [0.25, 0.3) is 0 Å². The van der Waals surface area contributed by atoms with Crippen molar-refractivity contribution in [1.29, 1.82) is 0 Å².